The highest BCUT2D eigenvalue weighted by molar-refractivity contribution is 5.32. The zero-order valence-corrected chi connectivity index (χ0v) is 10.5. The molecule has 4 nitrogen and oxygen atoms in total. The van der Waals surface area contributed by atoms with E-state index in [1.807, 2.05) is 0 Å². The molecule has 0 aliphatic rings. The van der Waals surface area contributed by atoms with Crippen molar-refractivity contribution in [3.05, 3.63) is 75.3 Å². The fourth-order valence-corrected chi connectivity index (χ4v) is 1.76. The number of nitrogens with one attached hydrogen (secondary N) is 1. The molecule has 0 unspecified atom stereocenters. The molecule has 0 atom stereocenters. The van der Waals surface area contributed by atoms with Gasteiger partial charge in [-0.15, -0.1) is 0 Å². The number of hydrogen-bond acceptors (Lipinski definition) is 3. The molecule has 0 fully saturated rings. The van der Waals surface area contributed by atoms with Gasteiger partial charge in [-0.3, -0.25) is 10.1 Å². The molecule has 0 aliphatic heterocycles. The summed E-state index contributed by atoms with van der Waals surface area (Å²) in [6, 6.07) is 10.1. The maximum Gasteiger partial charge on any atom is 0.269 e. The molecule has 2 rings (SSSR count). The summed E-state index contributed by atoms with van der Waals surface area (Å²) in [5.74, 6) is -1.73. The number of nitro groups is 1. The lowest BCUT2D eigenvalue weighted by atomic mass is 10.2. The lowest BCUT2D eigenvalue weighted by Gasteiger charge is -2.06. The number of nitrogens with zero attached hydrogens (tertiary/aromatic N) is 1. The average Bonchev–Trinajstić information content (AvgIpc) is 2.44. The van der Waals surface area contributed by atoms with Crippen molar-refractivity contribution >= 4 is 5.69 Å². The molecule has 0 aromatic heterocycles. The van der Waals surface area contributed by atoms with Gasteiger partial charge in [-0.1, -0.05) is 24.3 Å². The highest BCUT2D eigenvalue weighted by Gasteiger charge is 2.07. The van der Waals surface area contributed by atoms with E-state index in [1.54, 1.807) is 12.1 Å². The number of rotatable bonds is 5. The van der Waals surface area contributed by atoms with Gasteiger partial charge in [0.15, 0.2) is 11.6 Å². The molecule has 0 amide bonds. The number of halogens is 2. The van der Waals surface area contributed by atoms with E-state index in [0.29, 0.717) is 6.54 Å². The molecular weight excluding hydrogens is 266 g/mol. The summed E-state index contributed by atoms with van der Waals surface area (Å²) in [7, 11) is 0. The first kappa shape index (κ1) is 14.1. The predicted molar refractivity (Wildman–Crippen MR) is 70.0 cm³/mol. The lowest BCUT2D eigenvalue weighted by molar-refractivity contribution is -0.384. The maximum absolute atomic E-state index is 13.4. The fraction of sp³-hybridized carbons (Fsp3) is 0.143. The van der Waals surface area contributed by atoms with Crippen LogP contribution in [-0.4, -0.2) is 4.92 Å². The summed E-state index contributed by atoms with van der Waals surface area (Å²) < 4.78 is 26.4. The van der Waals surface area contributed by atoms with Gasteiger partial charge in [0.25, 0.3) is 5.69 Å². The molecule has 1 N–H and O–H groups in total. The molecule has 0 bridgehead atoms. The van der Waals surface area contributed by atoms with Crippen molar-refractivity contribution in [1.82, 2.24) is 5.32 Å². The molecule has 2 aromatic rings. The summed E-state index contributed by atoms with van der Waals surface area (Å²) in [4.78, 5) is 10.0. The molecule has 0 saturated heterocycles. The van der Waals surface area contributed by atoms with E-state index < -0.39 is 16.6 Å². The molecular formula is C14H12F2N2O2. The molecule has 0 radical (unpaired) electrons. The second kappa shape index (κ2) is 6.21. The third-order valence-corrected chi connectivity index (χ3v) is 2.82. The van der Waals surface area contributed by atoms with E-state index in [1.165, 1.54) is 24.3 Å². The zero-order chi connectivity index (χ0) is 14.5. The Hall–Kier alpha value is -2.34. The first-order valence-corrected chi connectivity index (χ1v) is 5.95. The molecule has 0 aliphatic carbocycles. The fourth-order valence-electron chi connectivity index (χ4n) is 1.76. The zero-order valence-electron chi connectivity index (χ0n) is 10.5. The van der Waals surface area contributed by atoms with Crippen LogP contribution in [0.4, 0.5) is 14.5 Å². The van der Waals surface area contributed by atoms with Crippen molar-refractivity contribution in [2.45, 2.75) is 13.1 Å². The van der Waals surface area contributed by atoms with Crippen LogP contribution in [0.25, 0.3) is 0 Å². The highest BCUT2D eigenvalue weighted by atomic mass is 19.2. The number of non-ortho nitro benzene ring substituents is 1. The summed E-state index contributed by atoms with van der Waals surface area (Å²) in [6.07, 6.45) is 0. The minimum Gasteiger partial charge on any atom is -0.309 e. The van der Waals surface area contributed by atoms with Gasteiger partial charge >= 0.3 is 0 Å². The minimum absolute atomic E-state index is 0.0184. The molecule has 104 valence electrons. The van der Waals surface area contributed by atoms with Crippen LogP contribution >= 0.6 is 0 Å². The molecule has 20 heavy (non-hydrogen) atoms. The topological polar surface area (TPSA) is 55.2 Å². The van der Waals surface area contributed by atoms with Gasteiger partial charge in [0.05, 0.1) is 4.92 Å². The van der Waals surface area contributed by atoms with Crippen LogP contribution in [0.1, 0.15) is 11.1 Å². The average molecular weight is 278 g/mol. The van der Waals surface area contributed by atoms with Crippen molar-refractivity contribution in [2.24, 2.45) is 0 Å². The predicted octanol–water partition coefficient (Wildman–Crippen LogP) is 3.16. The first-order valence-electron chi connectivity index (χ1n) is 5.95. The second-order valence-electron chi connectivity index (χ2n) is 4.24. The Balaban J connectivity index is 1.92. The van der Waals surface area contributed by atoms with Crippen LogP contribution in [0.5, 0.6) is 0 Å². The first-order chi connectivity index (χ1) is 9.58. The summed E-state index contributed by atoms with van der Waals surface area (Å²) in [5, 5.41) is 13.5. The van der Waals surface area contributed by atoms with Crippen LogP contribution in [-0.2, 0) is 13.1 Å². The van der Waals surface area contributed by atoms with E-state index in [2.05, 4.69) is 5.32 Å². The Bertz CT molecular complexity index is 615. The monoisotopic (exact) mass is 278 g/mol. The van der Waals surface area contributed by atoms with E-state index in [4.69, 9.17) is 0 Å². The lowest BCUT2D eigenvalue weighted by Crippen LogP contribution is -2.14. The highest BCUT2D eigenvalue weighted by Crippen LogP contribution is 2.13. The Morgan fingerprint density at radius 2 is 1.75 bits per heavy atom. The van der Waals surface area contributed by atoms with Crippen molar-refractivity contribution in [2.75, 3.05) is 0 Å². The molecule has 0 heterocycles. The van der Waals surface area contributed by atoms with Crippen LogP contribution < -0.4 is 5.32 Å². The maximum atomic E-state index is 13.4. The summed E-state index contributed by atoms with van der Waals surface area (Å²) in [5.41, 5.74) is 1.09. The van der Waals surface area contributed by atoms with Crippen LogP contribution in [0.15, 0.2) is 42.5 Å². The quantitative estimate of drug-likeness (QED) is 0.675. The number of nitro benzene ring substituents is 1. The van der Waals surface area contributed by atoms with Crippen molar-refractivity contribution in [3.63, 3.8) is 0 Å². The molecule has 0 saturated carbocycles. The van der Waals surface area contributed by atoms with Gasteiger partial charge in [0, 0.05) is 30.8 Å². The minimum atomic E-state index is -0.875. The molecule has 6 heteroatoms. The second-order valence-corrected chi connectivity index (χ2v) is 4.24. The van der Waals surface area contributed by atoms with Crippen LogP contribution in [0.2, 0.25) is 0 Å². The Morgan fingerprint density at radius 1 is 1.05 bits per heavy atom. The molecule has 2 aromatic carbocycles. The van der Waals surface area contributed by atoms with Crippen molar-refractivity contribution < 1.29 is 13.7 Å². The van der Waals surface area contributed by atoms with Gasteiger partial charge in [0.2, 0.25) is 0 Å². The normalized spacial score (nSPS) is 10.5. The SMILES string of the molecule is O=[N+]([O-])c1ccc(CNCc2cccc(F)c2F)cc1. The van der Waals surface area contributed by atoms with Crippen LogP contribution in [0, 0.1) is 21.7 Å². The smallest absolute Gasteiger partial charge is 0.269 e. The van der Waals surface area contributed by atoms with Gasteiger partial charge in [0.1, 0.15) is 0 Å². The van der Waals surface area contributed by atoms with E-state index >= 15 is 0 Å². The Labute approximate surface area is 114 Å². The third-order valence-electron chi connectivity index (χ3n) is 2.82. The van der Waals surface area contributed by atoms with Gasteiger partial charge in [-0.25, -0.2) is 8.78 Å². The largest absolute Gasteiger partial charge is 0.309 e. The van der Waals surface area contributed by atoms with E-state index in [9.17, 15) is 18.9 Å². The summed E-state index contributed by atoms with van der Waals surface area (Å²) in [6.45, 7) is 0.592. The van der Waals surface area contributed by atoms with Crippen molar-refractivity contribution in [1.29, 1.82) is 0 Å². The standard InChI is InChI=1S/C14H12F2N2O2/c15-13-3-1-2-11(14(13)16)9-17-8-10-4-6-12(7-5-10)18(19)20/h1-7,17H,8-9H2. The van der Waals surface area contributed by atoms with Crippen LogP contribution in [0.3, 0.4) is 0 Å². The Kier molecular flexibility index (Phi) is 4.37. The van der Waals surface area contributed by atoms with E-state index in [0.717, 1.165) is 11.6 Å². The number of hydrogen-bond donors (Lipinski definition) is 1. The van der Waals surface area contributed by atoms with Gasteiger partial charge in [-0.2, -0.15) is 0 Å². The summed E-state index contributed by atoms with van der Waals surface area (Å²) >= 11 is 0. The van der Waals surface area contributed by atoms with Gasteiger partial charge < -0.3 is 5.32 Å². The van der Waals surface area contributed by atoms with E-state index in [-0.39, 0.29) is 17.8 Å². The van der Waals surface area contributed by atoms with Crippen molar-refractivity contribution in [3.8, 4) is 0 Å². The Morgan fingerprint density at radius 3 is 2.40 bits per heavy atom. The number of benzene rings is 2. The third kappa shape index (κ3) is 3.36. The molecule has 0 spiro atoms. The van der Waals surface area contributed by atoms with Gasteiger partial charge in [-0.05, 0) is 11.6 Å².